The number of thiazole rings is 1. The molecule has 3 rings (SSSR count). The second kappa shape index (κ2) is 4.55. The molecule has 4 heteroatoms. The summed E-state index contributed by atoms with van der Waals surface area (Å²) in [6.07, 6.45) is 0. The molecule has 3 aromatic rings. The van der Waals surface area contributed by atoms with Crippen molar-refractivity contribution in [1.29, 1.82) is 0 Å². The molecule has 0 saturated carbocycles. The van der Waals surface area contributed by atoms with Gasteiger partial charge in [0.25, 0.3) is 0 Å². The Morgan fingerprint density at radius 2 is 1.94 bits per heavy atom. The van der Waals surface area contributed by atoms with Crippen LogP contribution in [0.15, 0.2) is 41.8 Å². The van der Waals surface area contributed by atoms with Crippen LogP contribution in [0.5, 0.6) is 5.75 Å². The first kappa shape index (κ1) is 11.4. The van der Waals surface area contributed by atoms with Gasteiger partial charge in [0.1, 0.15) is 10.8 Å². The van der Waals surface area contributed by atoms with Gasteiger partial charge >= 0.3 is 0 Å². The highest BCUT2D eigenvalue weighted by molar-refractivity contribution is 7.16. The maximum Gasteiger partial charge on any atom is 0.127 e. The number of aryl methyl sites for hydroxylation is 1. The molecule has 0 radical (unpaired) electrons. The van der Waals surface area contributed by atoms with E-state index < -0.39 is 0 Å². The average molecular weight is 273 g/mol. The molecule has 0 bridgehead atoms. The molecule has 90 valence electrons. The van der Waals surface area contributed by atoms with Gasteiger partial charge in [-0.05, 0) is 31.2 Å². The Hall–Kier alpha value is -1.65. The van der Waals surface area contributed by atoms with Crippen molar-refractivity contribution >= 4 is 22.7 Å². The molecule has 0 saturated heterocycles. The topological polar surface area (TPSA) is 33.1 Å². The minimum Gasteiger partial charge on any atom is -0.507 e. The largest absolute Gasteiger partial charge is 0.507 e. The third-order valence-electron chi connectivity index (χ3n) is 2.63. The molecule has 1 aromatic carbocycles. The van der Waals surface area contributed by atoms with Gasteiger partial charge in [0.2, 0.25) is 0 Å². The molecule has 18 heavy (non-hydrogen) atoms. The first-order chi connectivity index (χ1) is 8.74. The Morgan fingerprint density at radius 1 is 1.11 bits per heavy atom. The first-order valence-corrected chi connectivity index (χ1v) is 7.24. The minimum atomic E-state index is 0.278. The van der Waals surface area contributed by atoms with Crippen LogP contribution in [0.25, 0.3) is 21.1 Å². The smallest absolute Gasteiger partial charge is 0.127 e. The van der Waals surface area contributed by atoms with Gasteiger partial charge < -0.3 is 5.11 Å². The summed E-state index contributed by atoms with van der Waals surface area (Å²) in [5.74, 6) is 0.278. The Balaban J connectivity index is 2.02. The number of benzene rings is 1. The van der Waals surface area contributed by atoms with Gasteiger partial charge in [-0.3, -0.25) is 0 Å². The quantitative estimate of drug-likeness (QED) is 0.743. The molecular formula is C14H11NOS2. The summed E-state index contributed by atoms with van der Waals surface area (Å²) >= 11 is 3.29. The molecule has 0 aliphatic carbocycles. The van der Waals surface area contributed by atoms with Crippen LogP contribution < -0.4 is 0 Å². The Kier molecular flexibility index (Phi) is 2.89. The minimum absolute atomic E-state index is 0.278. The van der Waals surface area contributed by atoms with Crippen molar-refractivity contribution in [1.82, 2.24) is 4.98 Å². The molecule has 0 spiro atoms. The van der Waals surface area contributed by atoms with E-state index in [0.717, 1.165) is 16.3 Å². The van der Waals surface area contributed by atoms with E-state index in [2.05, 4.69) is 24.0 Å². The summed E-state index contributed by atoms with van der Waals surface area (Å²) in [5, 5.41) is 12.7. The molecule has 0 atom stereocenters. The predicted molar refractivity (Wildman–Crippen MR) is 77.3 cm³/mol. The average Bonchev–Trinajstić information content (AvgIpc) is 2.98. The van der Waals surface area contributed by atoms with Gasteiger partial charge in [-0.25, -0.2) is 4.98 Å². The summed E-state index contributed by atoms with van der Waals surface area (Å²) < 4.78 is 0. The maximum absolute atomic E-state index is 9.82. The highest BCUT2D eigenvalue weighted by Gasteiger charge is 2.10. The molecular weight excluding hydrogens is 262 g/mol. The number of aromatic hydroxyl groups is 1. The van der Waals surface area contributed by atoms with Crippen LogP contribution in [0, 0.1) is 6.92 Å². The van der Waals surface area contributed by atoms with E-state index in [1.165, 1.54) is 9.75 Å². The number of hydrogen-bond acceptors (Lipinski definition) is 4. The predicted octanol–water partition coefficient (Wildman–Crippen LogP) is 4.55. The van der Waals surface area contributed by atoms with Gasteiger partial charge in [0.05, 0.1) is 16.1 Å². The summed E-state index contributed by atoms with van der Waals surface area (Å²) in [4.78, 5) is 7.05. The number of aromatic nitrogens is 1. The van der Waals surface area contributed by atoms with Crippen LogP contribution in [-0.2, 0) is 0 Å². The van der Waals surface area contributed by atoms with Crippen LogP contribution >= 0.6 is 22.7 Å². The summed E-state index contributed by atoms with van der Waals surface area (Å²) in [5.41, 5.74) is 1.78. The molecule has 0 aliphatic heterocycles. The third kappa shape index (κ3) is 2.05. The SMILES string of the molecule is Cc1ccc(-c2csc(-c3ccccc3O)n2)s1. The van der Waals surface area contributed by atoms with Crippen LogP contribution in [0.4, 0.5) is 0 Å². The van der Waals surface area contributed by atoms with Crippen LogP contribution in [-0.4, -0.2) is 10.1 Å². The number of thiophene rings is 1. The number of hydrogen-bond donors (Lipinski definition) is 1. The molecule has 2 nitrogen and oxygen atoms in total. The van der Waals surface area contributed by atoms with E-state index in [1.54, 1.807) is 28.7 Å². The van der Waals surface area contributed by atoms with Crippen molar-refractivity contribution in [3.05, 3.63) is 46.7 Å². The lowest BCUT2D eigenvalue weighted by Gasteiger charge is -1.98. The van der Waals surface area contributed by atoms with Crippen molar-refractivity contribution in [2.24, 2.45) is 0 Å². The lowest BCUT2D eigenvalue weighted by molar-refractivity contribution is 0.477. The van der Waals surface area contributed by atoms with Crippen molar-refractivity contribution in [2.45, 2.75) is 6.92 Å². The van der Waals surface area contributed by atoms with Crippen molar-refractivity contribution in [2.75, 3.05) is 0 Å². The van der Waals surface area contributed by atoms with Gasteiger partial charge in [-0.2, -0.15) is 0 Å². The van der Waals surface area contributed by atoms with Crippen LogP contribution in [0.2, 0.25) is 0 Å². The fraction of sp³-hybridized carbons (Fsp3) is 0.0714. The molecule has 2 heterocycles. The van der Waals surface area contributed by atoms with Crippen LogP contribution in [0.1, 0.15) is 4.88 Å². The normalized spacial score (nSPS) is 10.7. The third-order valence-corrected chi connectivity index (χ3v) is 4.53. The standard InChI is InChI=1S/C14H11NOS2/c1-9-6-7-13(18-9)11-8-17-14(15-11)10-4-2-3-5-12(10)16/h2-8,16H,1H3. The fourth-order valence-corrected chi connectivity index (χ4v) is 3.49. The summed E-state index contributed by atoms with van der Waals surface area (Å²) in [6, 6.07) is 11.5. The van der Waals surface area contributed by atoms with E-state index >= 15 is 0 Å². The molecule has 0 amide bonds. The number of phenolic OH excluding ortho intramolecular Hbond substituents is 1. The number of phenols is 1. The number of rotatable bonds is 2. The molecule has 2 aromatic heterocycles. The van der Waals surface area contributed by atoms with Gasteiger partial charge in [0.15, 0.2) is 0 Å². The van der Waals surface area contributed by atoms with Gasteiger partial charge in [0, 0.05) is 10.3 Å². The monoisotopic (exact) mass is 273 g/mol. The summed E-state index contributed by atoms with van der Waals surface area (Å²) in [7, 11) is 0. The second-order valence-electron chi connectivity index (χ2n) is 3.97. The summed E-state index contributed by atoms with van der Waals surface area (Å²) in [6.45, 7) is 2.09. The lowest BCUT2D eigenvalue weighted by Crippen LogP contribution is -1.78. The Labute approximate surface area is 113 Å². The van der Waals surface area contributed by atoms with Crippen molar-refractivity contribution < 1.29 is 5.11 Å². The van der Waals surface area contributed by atoms with E-state index in [-0.39, 0.29) is 5.75 Å². The van der Waals surface area contributed by atoms with E-state index in [0.29, 0.717) is 0 Å². The first-order valence-electron chi connectivity index (χ1n) is 5.55. The highest BCUT2D eigenvalue weighted by Crippen LogP contribution is 2.35. The molecule has 0 unspecified atom stereocenters. The zero-order valence-electron chi connectivity index (χ0n) is 9.75. The van der Waals surface area contributed by atoms with Gasteiger partial charge in [-0.15, -0.1) is 22.7 Å². The zero-order valence-corrected chi connectivity index (χ0v) is 11.4. The van der Waals surface area contributed by atoms with Gasteiger partial charge in [-0.1, -0.05) is 12.1 Å². The van der Waals surface area contributed by atoms with E-state index in [4.69, 9.17) is 0 Å². The molecule has 0 fully saturated rings. The number of para-hydroxylation sites is 1. The second-order valence-corrected chi connectivity index (χ2v) is 6.11. The molecule has 1 N–H and O–H groups in total. The van der Waals surface area contributed by atoms with Crippen molar-refractivity contribution in [3.8, 4) is 26.9 Å². The number of nitrogens with zero attached hydrogens (tertiary/aromatic N) is 1. The highest BCUT2D eigenvalue weighted by atomic mass is 32.1. The van der Waals surface area contributed by atoms with E-state index in [9.17, 15) is 5.11 Å². The Morgan fingerprint density at radius 3 is 2.67 bits per heavy atom. The fourth-order valence-electron chi connectivity index (χ4n) is 1.74. The van der Waals surface area contributed by atoms with Crippen LogP contribution in [0.3, 0.4) is 0 Å². The zero-order chi connectivity index (χ0) is 12.5. The Bertz CT molecular complexity index is 684. The molecule has 0 aliphatic rings. The maximum atomic E-state index is 9.82. The van der Waals surface area contributed by atoms with Crippen molar-refractivity contribution in [3.63, 3.8) is 0 Å². The lowest BCUT2D eigenvalue weighted by atomic mass is 10.2. The van der Waals surface area contributed by atoms with E-state index in [1.807, 2.05) is 23.6 Å².